The van der Waals surface area contributed by atoms with Crippen LogP contribution in [0.3, 0.4) is 0 Å². The van der Waals surface area contributed by atoms with E-state index in [-0.39, 0.29) is 0 Å². The Labute approximate surface area is 111 Å². The van der Waals surface area contributed by atoms with E-state index in [9.17, 15) is 0 Å². The molecule has 0 saturated carbocycles. The summed E-state index contributed by atoms with van der Waals surface area (Å²) in [5, 5.41) is 0. The highest BCUT2D eigenvalue weighted by molar-refractivity contribution is 5.08. The third-order valence-electron chi connectivity index (χ3n) is 3.46. The number of nitrogens with two attached hydrogens (primary N) is 1. The highest BCUT2D eigenvalue weighted by Gasteiger charge is 2.21. The predicted molar refractivity (Wildman–Crippen MR) is 77.2 cm³/mol. The first kappa shape index (κ1) is 15.1. The Kier molecular flexibility index (Phi) is 6.30. The smallest absolute Gasteiger partial charge is 0.0312 e. The van der Waals surface area contributed by atoms with Gasteiger partial charge in [-0.05, 0) is 36.9 Å². The molecule has 2 N–H and O–H groups in total. The van der Waals surface area contributed by atoms with Crippen LogP contribution in [0.25, 0.3) is 0 Å². The molecule has 2 unspecified atom stereocenters. The van der Waals surface area contributed by atoms with Crippen molar-refractivity contribution >= 4 is 0 Å². The zero-order valence-corrected chi connectivity index (χ0v) is 12.1. The molecule has 2 atom stereocenters. The van der Waals surface area contributed by atoms with Crippen molar-refractivity contribution in [2.45, 2.75) is 39.8 Å². The van der Waals surface area contributed by atoms with E-state index in [0.717, 1.165) is 12.5 Å². The van der Waals surface area contributed by atoms with Gasteiger partial charge in [0.2, 0.25) is 0 Å². The molecule has 0 fully saturated rings. The lowest BCUT2D eigenvalue weighted by atomic mass is 9.91. The summed E-state index contributed by atoms with van der Waals surface area (Å²) in [5.41, 5.74) is 7.19. The Bertz CT molecular complexity index is 324. The molecular formula is C15H27N3. The van der Waals surface area contributed by atoms with Crippen molar-refractivity contribution in [3.63, 3.8) is 0 Å². The van der Waals surface area contributed by atoms with Gasteiger partial charge in [0.25, 0.3) is 0 Å². The molecule has 0 radical (unpaired) electrons. The molecule has 0 aromatic carbocycles. The van der Waals surface area contributed by atoms with Crippen molar-refractivity contribution in [2.24, 2.45) is 17.6 Å². The Hall–Kier alpha value is -0.930. The molecule has 1 rings (SSSR count). The average molecular weight is 249 g/mol. The molecule has 0 spiro atoms. The van der Waals surface area contributed by atoms with Gasteiger partial charge < -0.3 is 5.73 Å². The molecule has 3 heteroatoms. The normalized spacial score (nSPS) is 15.1. The standard InChI is InChI=1S/C15H27N3/c1-12(2)8-13(3)15(9-16)18(4)11-14-6-5-7-17-10-14/h5-7,10,12-13,15H,8-9,11,16H2,1-4H3. The van der Waals surface area contributed by atoms with Crippen LogP contribution in [0.2, 0.25) is 0 Å². The largest absolute Gasteiger partial charge is 0.329 e. The van der Waals surface area contributed by atoms with Gasteiger partial charge in [-0.1, -0.05) is 26.8 Å². The minimum atomic E-state index is 0.438. The molecule has 1 aromatic rings. The van der Waals surface area contributed by atoms with E-state index < -0.39 is 0 Å². The Morgan fingerprint density at radius 1 is 1.33 bits per heavy atom. The second kappa shape index (κ2) is 7.49. The fourth-order valence-corrected chi connectivity index (χ4v) is 2.64. The van der Waals surface area contributed by atoms with Crippen molar-refractivity contribution < 1.29 is 0 Å². The van der Waals surface area contributed by atoms with Gasteiger partial charge in [-0.25, -0.2) is 0 Å². The second-order valence-electron chi connectivity index (χ2n) is 5.69. The Balaban J connectivity index is 2.59. The van der Waals surface area contributed by atoms with Gasteiger partial charge in [0.05, 0.1) is 0 Å². The highest BCUT2D eigenvalue weighted by Crippen LogP contribution is 2.19. The van der Waals surface area contributed by atoms with Crippen molar-refractivity contribution in [3.05, 3.63) is 30.1 Å². The van der Waals surface area contributed by atoms with Crippen molar-refractivity contribution in [1.29, 1.82) is 0 Å². The first-order chi connectivity index (χ1) is 8.54. The van der Waals surface area contributed by atoms with E-state index in [1.54, 1.807) is 0 Å². The lowest BCUT2D eigenvalue weighted by molar-refractivity contribution is 0.166. The minimum Gasteiger partial charge on any atom is -0.329 e. The summed E-state index contributed by atoms with van der Waals surface area (Å²) in [6.45, 7) is 8.47. The summed E-state index contributed by atoms with van der Waals surface area (Å²) >= 11 is 0. The van der Waals surface area contributed by atoms with E-state index in [0.29, 0.717) is 18.5 Å². The molecule has 0 bridgehead atoms. The fourth-order valence-electron chi connectivity index (χ4n) is 2.64. The van der Waals surface area contributed by atoms with Gasteiger partial charge in [0.15, 0.2) is 0 Å². The first-order valence-electron chi connectivity index (χ1n) is 6.83. The summed E-state index contributed by atoms with van der Waals surface area (Å²) < 4.78 is 0. The van der Waals surface area contributed by atoms with Crippen LogP contribution in [0.4, 0.5) is 0 Å². The number of likely N-dealkylation sites (N-methyl/N-ethyl adjacent to an activating group) is 1. The van der Waals surface area contributed by atoms with Crippen LogP contribution in [0.5, 0.6) is 0 Å². The number of pyridine rings is 1. The van der Waals surface area contributed by atoms with Gasteiger partial charge >= 0.3 is 0 Å². The molecular weight excluding hydrogens is 222 g/mol. The molecule has 1 heterocycles. The molecule has 0 aliphatic heterocycles. The van der Waals surface area contributed by atoms with Crippen LogP contribution < -0.4 is 5.73 Å². The van der Waals surface area contributed by atoms with Crippen LogP contribution >= 0.6 is 0 Å². The SMILES string of the molecule is CC(C)CC(C)C(CN)N(C)Cc1cccnc1. The average Bonchev–Trinajstić information content (AvgIpc) is 2.30. The van der Waals surface area contributed by atoms with Crippen LogP contribution in [0, 0.1) is 11.8 Å². The molecule has 102 valence electrons. The minimum absolute atomic E-state index is 0.438. The van der Waals surface area contributed by atoms with E-state index in [1.165, 1.54) is 12.0 Å². The van der Waals surface area contributed by atoms with Gasteiger partial charge in [0, 0.05) is 31.5 Å². The van der Waals surface area contributed by atoms with Crippen molar-refractivity contribution in [1.82, 2.24) is 9.88 Å². The molecule has 1 aromatic heterocycles. The molecule has 18 heavy (non-hydrogen) atoms. The molecule has 0 aliphatic rings. The fraction of sp³-hybridized carbons (Fsp3) is 0.667. The zero-order chi connectivity index (χ0) is 13.5. The van der Waals surface area contributed by atoms with Gasteiger partial charge in [-0.3, -0.25) is 9.88 Å². The summed E-state index contributed by atoms with van der Waals surface area (Å²) in [4.78, 5) is 6.51. The van der Waals surface area contributed by atoms with Gasteiger partial charge in [-0.15, -0.1) is 0 Å². The van der Waals surface area contributed by atoms with E-state index in [4.69, 9.17) is 5.73 Å². The molecule has 0 amide bonds. The number of rotatable bonds is 7. The molecule has 3 nitrogen and oxygen atoms in total. The third-order valence-corrected chi connectivity index (χ3v) is 3.46. The maximum absolute atomic E-state index is 5.95. The monoisotopic (exact) mass is 249 g/mol. The van der Waals surface area contributed by atoms with Gasteiger partial charge in [0.1, 0.15) is 0 Å². The highest BCUT2D eigenvalue weighted by atomic mass is 15.1. The van der Waals surface area contributed by atoms with E-state index in [1.807, 2.05) is 18.5 Å². The van der Waals surface area contributed by atoms with E-state index in [2.05, 4.69) is 43.8 Å². The predicted octanol–water partition coefficient (Wildman–Crippen LogP) is 2.52. The summed E-state index contributed by atoms with van der Waals surface area (Å²) in [7, 11) is 2.15. The first-order valence-corrected chi connectivity index (χ1v) is 6.83. The molecule has 0 saturated heterocycles. The Morgan fingerprint density at radius 3 is 2.56 bits per heavy atom. The summed E-state index contributed by atoms with van der Waals surface area (Å²) in [6, 6.07) is 4.54. The topological polar surface area (TPSA) is 42.1 Å². The summed E-state index contributed by atoms with van der Waals surface area (Å²) in [6.07, 6.45) is 4.96. The van der Waals surface area contributed by atoms with Crippen molar-refractivity contribution in [3.8, 4) is 0 Å². The number of nitrogens with zero attached hydrogens (tertiary/aromatic N) is 2. The lowest BCUT2D eigenvalue weighted by Gasteiger charge is -2.32. The van der Waals surface area contributed by atoms with Crippen LogP contribution in [0.1, 0.15) is 32.8 Å². The number of hydrogen-bond acceptors (Lipinski definition) is 3. The van der Waals surface area contributed by atoms with Crippen LogP contribution in [-0.4, -0.2) is 29.5 Å². The Morgan fingerprint density at radius 2 is 2.06 bits per heavy atom. The van der Waals surface area contributed by atoms with Gasteiger partial charge in [-0.2, -0.15) is 0 Å². The number of hydrogen-bond donors (Lipinski definition) is 1. The lowest BCUT2D eigenvalue weighted by Crippen LogP contribution is -2.42. The second-order valence-corrected chi connectivity index (χ2v) is 5.69. The maximum Gasteiger partial charge on any atom is 0.0312 e. The molecule has 0 aliphatic carbocycles. The van der Waals surface area contributed by atoms with Crippen LogP contribution in [0.15, 0.2) is 24.5 Å². The number of aromatic nitrogens is 1. The summed E-state index contributed by atoms with van der Waals surface area (Å²) in [5.74, 6) is 1.34. The zero-order valence-electron chi connectivity index (χ0n) is 12.1. The van der Waals surface area contributed by atoms with E-state index >= 15 is 0 Å². The van der Waals surface area contributed by atoms with Crippen LogP contribution in [-0.2, 0) is 6.54 Å². The van der Waals surface area contributed by atoms with Crippen molar-refractivity contribution in [2.75, 3.05) is 13.6 Å². The quantitative estimate of drug-likeness (QED) is 0.807. The maximum atomic E-state index is 5.95. The third kappa shape index (κ3) is 4.75.